The van der Waals surface area contributed by atoms with Crippen LogP contribution in [0.3, 0.4) is 0 Å². The molecule has 0 atom stereocenters. The van der Waals surface area contributed by atoms with E-state index in [2.05, 4.69) is 5.32 Å². The number of carbonyl (C=O) groups is 2. The van der Waals surface area contributed by atoms with E-state index in [1.165, 1.54) is 11.3 Å². The highest BCUT2D eigenvalue weighted by Gasteiger charge is 2.41. The lowest BCUT2D eigenvalue weighted by Gasteiger charge is -2.48. The van der Waals surface area contributed by atoms with Crippen molar-refractivity contribution in [2.45, 2.75) is 44.8 Å². The smallest absolute Gasteiger partial charge is 0.318 e. The first-order valence-electron chi connectivity index (χ1n) is 8.54. The van der Waals surface area contributed by atoms with Crippen LogP contribution in [0.1, 0.15) is 37.0 Å². The molecular weight excluding hydrogens is 326 g/mol. The molecule has 1 aromatic heterocycles. The third-order valence-corrected chi connectivity index (χ3v) is 5.23. The van der Waals surface area contributed by atoms with E-state index in [9.17, 15) is 9.59 Å². The van der Waals surface area contributed by atoms with Crippen molar-refractivity contribution in [1.29, 1.82) is 0 Å². The van der Waals surface area contributed by atoms with Gasteiger partial charge in [-0.25, -0.2) is 4.79 Å². The average molecular weight is 351 g/mol. The molecule has 7 heteroatoms. The van der Waals surface area contributed by atoms with Gasteiger partial charge in [-0.2, -0.15) is 11.3 Å². The maximum Gasteiger partial charge on any atom is 0.318 e. The van der Waals surface area contributed by atoms with E-state index in [-0.39, 0.29) is 30.1 Å². The summed E-state index contributed by atoms with van der Waals surface area (Å²) in [6, 6.07) is 2.21. The quantitative estimate of drug-likeness (QED) is 0.904. The summed E-state index contributed by atoms with van der Waals surface area (Å²) in [5.41, 5.74) is 0.739. The third-order valence-electron chi connectivity index (χ3n) is 4.54. The van der Waals surface area contributed by atoms with Crippen molar-refractivity contribution >= 4 is 23.3 Å². The summed E-state index contributed by atoms with van der Waals surface area (Å²) in [6.45, 7) is 6.54. The highest BCUT2D eigenvalue weighted by Crippen LogP contribution is 2.25. The maximum absolute atomic E-state index is 12.7. The van der Waals surface area contributed by atoms with Gasteiger partial charge in [0, 0.05) is 43.8 Å². The second-order valence-corrected chi connectivity index (χ2v) is 7.51. The molecule has 3 amide bonds. The fourth-order valence-corrected chi connectivity index (χ4v) is 3.91. The number of likely N-dealkylation sites (tertiary alicyclic amines) is 1. The van der Waals surface area contributed by atoms with Gasteiger partial charge in [0.25, 0.3) is 5.91 Å². The minimum atomic E-state index is -0.0236. The monoisotopic (exact) mass is 351 g/mol. The molecule has 2 aliphatic heterocycles. The molecule has 1 N–H and O–H groups in total. The summed E-state index contributed by atoms with van der Waals surface area (Å²) < 4.78 is 5.43. The third kappa shape index (κ3) is 3.72. The lowest BCUT2D eigenvalue weighted by Crippen LogP contribution is -2.66. The fraction of sp³-hybridized carbons (Fsp3) is 0.647. The average Bonchev–Trinajstić information content (AvgIpc) is 3.04. The van der Waals surface area contributed by atoms with Crippen molar-refractivity contribution in [3.8, 4) is 0 Å². The predicted molar refractivity (Wildman–Crippen MR) is 93.4 cm³/mol. The number of nitrogens with zero attached hydrogens (tertiary/aromatic N) is 2. The van der Waals surface area contributed by atoms with Crippen LogP contribution in [0.4, 0.5) is 4.79 Å². The largest absolute Gasteiger partial charge is 0.381 e. The predicted octanol–water partition coefficient (Wildman–Crippen LogP) is 2.17. The minimum absolute atomic E-state index is 0.0236. The van der Waals surface area contributed by atoms with Crippen molar-refractivity contribution in [2.24, 2.45) is 0 Å². The van der Waals surface area contributed by atoms with E-state index >= 15 is 0 Å². The Morgan fingerprint density at radius 1 is 1.29 bits per heavy atom. The van der Waals surface area contributed by atoms with E-state index < -0.39 is 0 Å². The van der Waals surface area contributed by atoms with Crippen LogP contribution in [0.25, 0.3) is 0 Å². The van der Waals surface area contributed by atoms with Crippen LogP contribution >= 0.6 is 11.3 Å². The first-order valence-corrected chi connectivity index (χ1v) is 9.48. The molecule has 2 saturated heterocycles. The Kier molecular flexibility index (Phi) is 5.40. The molecule has 0 bridgehead atoms. The molecule has 132 valence electrons. The number of hydrogen-bond acceptors (Lipinski definition) is 4. The lowest BCUT2D eigenvalue weighted by atomic mass is 10.00. The Bertz CT molecular complexity index is 564. The molecule has 1 aromatic rings. The topological polar surface area (TPSA) is 61.9 Å². The summed E-state index contributed by atoms with van der Waals surface area (Å²) in [5, 5.41) is 6.79. The highest BCUT2D eigenvalue weighted by atomic mass is 32.1. The fourth-order valence-electron chi connectivity index (χ4n) is 3.28. The number of thiophene rings is 1. The van der Waals surface area contributed by atoms with Crippen molar-refractivity contribution in [2.75, 3.05) is 26.3 Å². The second kappa shape index (κ2) is 7.53. The van der Waals surface area contributed by atoms with Crippen LogP contribution in [0.2, 0.25) is 0 Å². The van der Waals surface area contributed by atoms with Crippen molar-refractivity contribution in [3.63, 3.8) is 0 Å². The van der Waals surface area contributed by atoms with Crippen LogP contribution < -0.4 is 5.32 Å². The van der Waals surface area contributed by atoms with E-state index in [1.54, 1.807) is 0 Å². The summed E-state index contributed by atoms with van der Waals surface area (Å²) in [7, 11) is 0. The number of rotatable bonds is 4. The molecule has 0 unspecified atom stereocenters. The number of hydrogen-bond donors (Lipinski definition) is 1. The van der Waals surface area contributed by atoms with Gasteiger partial charge in [0.2, 0.25) is 0 Å². The summed E-state index contributed by atoms with van der Waals surface area (Å²) in [4.78, 5) is 28.8. The molecule has 0 aliphatic carbocycles. The van der Waals surface area contributed by atoms with Gasteiger partial charge in [0.1, 0.15) is 0 Å². The van der Waals surface area contributed by atoms with Crippen molar-refractivity contribution in [1.82, 2.24) is 15.1 Å². The number of nitrogens with one attached hydrogen (secondary N) is 1. The number of carbonyl (C=O) groups excluding carboxylic acids is 2. The van der Waals surface area contributed by atoms with Gasteiger partial charge in [-0.15, -0.1) is 0 Å². The Morgan fingerprint density at radius 3 is 2.58 bits per heavy atom. The molecule has 0 spiro atoms. The van der Waals surface area contributed by atoms with Gasteiger partial charge < -0.3 is 19.9 Å². The highest BCUT2D eigenvalue weighted by molar-refractivity contribution is 7.08. The maximum atomic E-state index is 12.7. The Balaban J connectivity index is 1.64. The van der Waals surface area contributed by atoms with Crippen LogP contribution in [0, 0.1) is 0 Å². The molecular formula is C17H25N3O3S. The van der Waals surface area contributed by atoms with Gasteiger partial charge >= 0.3 is 6.03 Å². The van der Waals surface area contributed by atoms with Gasteiger partial charge in [-0.3, -0.25) is 4.79 Å². The Hall–Kier alpha value is -1.60. The Morgan fingerprint density at radius 2 is 2.00 bits per heavy atom. The van der Waals surface area contributed by atoms with Crippen LogP contribution in [0.15, 0.2) is 16.8 Å². The summed E-state index contributed by atoms with van der Waals surface area (Å²) in [5.74, 6) is 0.0590. The number of amides is 3. The molecule has 3 heterocycles. The van der Waals surface area contributed by atoms with Gasteiger partial charge in [0.15, 0.2) is 0 Å². The zero-order chi connectivity index (χ0) is 17.1. The normalized spacial score (nSPS) is 19.2. The first-order chi connectivity index (χ1) is 11.6. The zero-order valence-corrected chi connectivity index (χ0v) is 15.1. The summed E-state index contributed by atoms with van der Waals surface area (Å²) in [6.07, 6.45) is 1.72. The zero-order valence-electron chi connectivity index (χ0n) is 14.2. The van der Waals surface area contributed by atoms with Crippen molar-refractivity contribution in [3.05, 3.63) is 22.4 Å². The Labute approximate surface area is 146 Å². The van der Waals surface area contributed by atoms with Gasteiger partial charge in [0.05, 0.1) is 11.6 Å². The number of ether oxygens (including phenoxy) is 1. The first kappa shape index (κ1) is 17.2. The van der Waals surface area contributed by atoms with E-state index in [0.717, 1.165) is 18.4 Å². The van der Waals surface area contributed by atoms with Gasteiger partial charge in [-0.1, -0.05) is 0 Å². The number of urea groups is 1. The van der Waals surface area contributed by atoms with Crippen molar-refractivity contribution < 1.29 is 14.3 Å². The molecule has 3 rings (SSSR count). The van der Waals surface area contributed by atoms with Crippen LogP contribution in [0.5, 0.6) is 0 Å². The SMILES string of the molecule is CC(C)NC(=O)N(C1CCOCC1)C1CN(C(=O)c2ccsc2)C1. The minimum Gasteiger partial charge on any atom is -0.381 e. The molecule has 0 aromatic carbocycles. The second-order valence-electron chi connectivity index (χ2n) is 6.73. The molecule has 2 aliphatic rings. The lowest BCUT2D eigenvalue weighted by molar-refractivity contribution is -0.00519. The van der Waals surface area contributed by atoms with Gasteiger partial charge in [-0.05, 0) is 38.1 Å². The molecule has 2 fully saturated rings. The van der Waals surface area contributed by atoms with E-state index in [4.69, 9.17) is 4.74 Å². The standard InChI is InChI=1S/C17H25N3O3S/c1-12(2)18-17(22)20(14-3-6-23-7-4-14)15-9-19(10-15)16(21)13-5-8-24-11-13/h5,8,11-12,14-15H,3-4,6-7,9-10H2,1-2H3,(H,18,22). The van der Waals surface area contributed by atoms with Crippen LogP contribution in [-0.2, 0) is 4.74 Å². The molecule has 6 nitrogen and oxygen atoms in total. The molecule has 0 radical (unpaired) electrons. The molecule has 0 saturated carbocycles. The summed E-state index contributed by atoms with van der Waals surface area (Å²) >= 11 is 1.53. The molecule has 24 heavy (non-hydrogen) atoms. The van der Waals surface area contributed by atoms with E-state index in [0.29, 0.717) is 26.3 Å². The van der Waals surface area contributed by atoms with E-state index in [1.807, 2.05) is 40.5 Å². The van der Waals surface area contributed by atoms with Crippen LogP contribution in [-0.4, -0.2) is 66.2 Å².